The van der Waals surface area contributed by atoms with Gasteiger partial charge in [0.1, 0.15) is 5.75 Å². The maximum absolute atomic E-state index is 12.9. The van der Waals surface area contributed by atoms with Gasteiger partial charge >= 0.3 is 0 Å². The Morgan fingerprint density at radius 1 is 0.739 bits per heavy atom. The van der Waals surface area contributed by atoms with Crippen molar-refractivity contribution >= 4 is 11.6 Å². The van der Waals surface area contributed by atoms with Crippen LogP contribution in [0.5, 0.6) is 5.75 Å². The van der Waals surface area contributed by atoms with Crippen molar-refractivity contribution in [3.8, 4) is 5.75 Å². The lowest BCUT2D eigenvalue weighted by Gasteiger charge is -2.26. The molecule has 0 saturated carbocycles. The zero-order valence-corrected chi connectivity index (χ0v) is 12.4. The highest BCUT2D eigenvalue weighted by Crippen LogP contribution is 2.43. The summed E-state index contributed by atoms with van der Waals surface area (Å²) in [5, 5.41) is 10.3. The fraction of sp³-hybridized carbons (Fsp3) is 0.0500. The van der Waals surface area contributed by atoms with Crippen LogP contribution < -0.4 is 4.90 Å². The summed E-state index contributed by atoms with van der Waals surface area (Å²) in [6, 6.07) is 24.0. The Labute approximate surface area is 134 Å². The molecule has 1 heterocycles. The van der Waals surface area contributed by atoms with E-state index in [1.807, 2.05) is 66.7 Å². The third-order valence-corrected chi connectivity index (χ3v) is 4.23. The molecule has 3 heteroatoms. The fourth-order valence-electron chi connectivity index (χ4n) is 3.20. The number of benzene rings is 3. The maximum atomic E-state index is 12.9. The van der Waals surface area contributed by atoms with E-state index in [0.717, 1.165) is 16.8 Å². The number of rotatable bonds is 2. The highest BCUT2D eigenvalue weighted by atomic mass is 16.3. The lowest BCUT2D eigenvalue weighted by Crippen LogP contribution is -2.28. The van der Waals surface area contributed by atoms with Gasteiger partial charge in [0, 0.05) is 16.8 Å². The van der Waals surface area contributed by atoms with E-state index in [-0.39, 0.29) is 17.7 Å². The van der Waals surface area contributed by atoms with Crippen molar-refractivity contribution in [2.75, 3.05) is 4.90 Å². The molecular weight excluding hydrogens is 286 g/mol. The van der Waals surface area contributed by atoms with Crippen LogP contribution in [0.15, 0.2) is 78.9 Å². The molecule has 1 unspecified atom stereocenters. The molecule has 4 rings (SSSR count). The first-order valence-electron chi connectivity index (χ1n) is 7.53. The van der Waals surface area contributed by atoms with Crippen LogP contribution in [0.25, 0.3) is 0 Å². The summed E-state index contributed by atoms with van der Waals surface area (Å²) in [4.78, 5) is 14.7. The van der Waals surface area contributed by atoms with Gasteiger partial charge in [0.25, 0.3) is 5.91 Å². The summed E-state index contributed by atoms with van der Waals surface area (Å²) >= 11 is 0. The van der Waals surface area contributed by atoms with E-state index in [4.69, 9.17) is 0 Å². The molecule has 0 bridgehead atoms. The van der Waals surface area contributed by atoms with Crippen LogP contribution in [-0.4, -0.2) is 11.0 Å². The summed E-state index contributed by atoms with van der Waals surface area (Å²) in [6.45, 7) is 0. The molecule has 1 aliphatic heterocycles. The van der Waals surface area contributed by atoms with Crippen molar-refractivity contribution in [3.63, 3.8) is 0 Å². The average Bonchev–Trinajstić information content (AvgIpc) is 2.89. The normalized spacial score (nSPS) is 16.4. The van der Waals surface area contributed by atoms with Crippen LogP contribution in [0.1, 0.15) is 27.5 Å². The molecule has 112 valence electrons. The van der Waals surface area contributed by atoms with Gasteiger partial charge in [0.05, 0.1) is 6.04 Å². The minimum absolute atomic E-state index is 0.0416. The number of para-hydroxylation sites is 2. The van der Waals surface area contributed by atoms with Crippen LogP contribution >= 0.6 is 0 Å². The minimum Gasteiger partial charge on any atom is -0.508 e. The predicted molar refractivity (Wildman–Crippen MR) is 89.6 cm³/mol. The topological polar surface area (TPSA) is 40.5 Å². The highest BCUT2D eigenvalue weighted by molar-refractivity contribution is 6.11. The van der Waals surface area contributed by atoms with Gasteiger partial charge in [-0.3, -0.25) is 9.69 Å². The SMILES string of the molecule is O=C1c2ccccc2C(c2ccccc2O)N1c1ccccc1. The first-order chi connectivity index (χ1) is 11.3. The Morgan fingerprint density at radius 3 is 2.09 bits per heavy atom. The number of hydrogen-bond acceptors (Lipinski definition) is 2. The van der Waals surface area contributed by atoms with Crippen molar-refractivity contribution in [1.82, 2.24) is 0 Å². The Morgan fingerprint density at radius 2 is 1.35 bits per heavy atom. The molecular formula is C20H15NO2. The van der Waals surface area contributed by atoms with Crippen molar-refractivity contribution in [2.24, 2.45) is 0 Å². The number of phenolic OH excluding ortho intramolecular Hbond substituents is 1. The number of aromatic hydroxyl groups is 1. The van der Waals surface area contributed by atoms with Crippen LogP contribution in [0.3, 0.4) is 0 Å². The van der Waals surface area contributed by atoms with Gasteiger partial charge in [-0.1, -0.05) is 54.6 Å². The van der Waals surface area contributed by atoms with Gasteiger partial charge in [-0.15, -0.1) is 0 Å². The van der Waals surface area contributed by atoms with Crippen molar-refractivity contribution in [1.29, 1.82) is 0 Å². The van der Waals surface area contributed by atoms with E-state index in [9.17, 15) is 9.90 Å². The molecule has 0 aromatic heterocycles. The smallest absolute Gasteiger partial charge is 0.259 e. The number of fused-ring (bicyclic) bond motifs is 1. The number of amides is 1. The number of nitrogens with zero attached hydrogens (tertiary/aromatic N) is 1. The molecule has 0 fully saturated rings. The quantitative estimate of drug-likeness (QED) is 0.772. The van der Waals surface area contributed by atoms with E-state index in [1.54, 1.807) is 17.0 Å². The Hall–Kier alpha value is -3.07. The zero-order chi connectivity index (χ0) is 15.8. The van der Waals surface area contributed by atoms with Gasteiger partial charge in [0.15, 0.2) is 0 Å². The first kappa shape index (κ1) is 13.6. The lowest BCUT2D eigenvalue weighted by molar-refractivity contribution is 0.0993. The molecule has 1 amide bonds. The Bertz CT molecular complexity index is 874. The van der Waals surface area contributed by atoms with E-state index in [0.29, 0.717) is 5.56 Å². The molecule has 1 N–H and O–H groups in total. The average molecular weight is 301 g/mol. The zero-order valence-electron chi connectivity index (χ0n) is 12.4. The van der Waals surface area contributed by atoms with Gasteiger partial charge in [-0.2, -0.15) is 0 Å². The van der Waals surface area contributed by atoms with Crippen LogP contribution in [0, 0.1) is 0 Å². The van der Waals surface area contributed by atoms with Crippen molar-refractivity contribution in [3.05, 3.63) is 95.6 Å². The van der Waals surface area contributed by atoms with E-state index < -0.39 is 0 Å². The fourth-order valence-corrected chi connectivity index (χ4v) is 3.20. The number of anilines is 1. The standard InChI is InChI=1S/C20H15NO2/c22-18-13-7-6-12-17(18)19-15-10-4-5-11-16(15)20(23)21(19)14-8-2-1-3-9-14/h1-13,19,22H. The van der Waals surface area contributed by atoms with E-state index in [2.05, 4.69) is 0 Å². The van der Waals surface area contributed by atoms with Gasteiger partial charge in [-0.25, -0.2) is 0 Å². The summed E-state index contributed by atoms with van der Waals surface area (Å²) < 4.78 is 0. The van der Waals surface area contributed by atoms with Crippen molar-refractivity contribution in [2.45, 2.75) is 6.04 Å². The molecule has 3 nitrogen and oxygen atoms in total. The monoisotopic (exact) mass is 301 g/mol. The maximum Gasteiger partial charge on any atom is 0.259 e. The second-order valence-corrected chi connectivity index (χ2v) is 5.56. The number of carbonyl (C=O) groups excluding carboxylic acids is 1. The summed E-state index contributed by atoms with van der Waals surface area (Å²) in [5.74, 6) is 0.156. The third-order valence-electron chi connectivity index (χ3n) is 4.23. The minimum atomic E-state index is -0.317. The van der Waals surface area contributed by atoms with E-state index >= 15 is 0 Å². The summed E-state index contributed by atoms with van der Waals surface area (Å²) in [6.07, 6.45) is 0. The largest absolute Gasteiger partial charge is 0.508 e. The second kappa shape index (κ2) is 5.29. The van der Waals surface area contributed by atoms with Crippen LogP contribution in [0.2, 0.25) is 0 Å². The second-order valence-electron chi connectivity index (χ2n) is 5.56. The molecule has 1 atom stereocenters. The Balaban J connectivity index is 1.95. The molecule has 23 heavy (non-hydrogen) atoms. The number of carbonyl (C=O) groups is 1. The van der Waals surface area contributed by atoms with Crippen LogP contribution in [0.4, 0.5) is 5.69 Å². The molecule has 0 saturated heterocycles. The number of hydrogen-bond donors (Lipinski definition) is 1. The molecule has 3 aromatic carbocycles. The molecule has 3 aromatic rings. The highest BCUT2D eigenvalue weighted by Gasteiger charge is 2.39. The third kappa shape index (κ3) is 2.09. The van der Waals surface area contributed by atoms with Crippen molar-refractivity contribution < 1.29 is 9.90 Å². The molecule has 0 spiro atoms. The molecule has 0 aliphatic carbocycles. The molecule has 0 radical (unpaired) electrons. The lowest BCUT2D eigenvalue weighted by atomic mass is 9.97. The van der Waals surface area contributed by atoms with Gasteiger partial charge < -0.3 is 5.11 Å². The molecule has 1 aliphatic rings. The number of phenols is 1. The summed E-state index contributed by atoms with van der Waals surface area (Å²) in [5.41, 5.74) is 3.16. The van der Waals surface area contributed by atoms with Gasteiger partial charge in [0.2, 0.25) is 0 Å². The van der Waals surface area contributed by atoms with E-state index in [1.165, 1.54) is 0 Å². The summed E-state index contributed by atoms with van der Waals surface area (Å²) in [7, 11) is 0. The van der Waals surface area contributed by atoms with Gasteiger partial charge in [-0.05, 0) is 29.8 Å². The first-order valence-corrected chi connectivity index (χ1v) is 7.53. The predicted octanol–water partition coefficient (Wildman–Crippen LogP) is 4.14. The van der Waals surface area contributed by atoms with Crippen LogP contribution in [-0.2, 0) is 0 Å². The Kier molecular flexibility index (Phi) is 3.12.